The highest BCUT2D eigenvalue weighted by Crippen LogP contribution is 2.28. The van der Waals surface area contributed by atoms with Crippen molar-refractivity contribution < 1.29 is 4.74 Å². The zero-order valence-corrected chi connectivity index (χ0v) is 18.3. The second kappa shape index (κ2) is 9.89. The molecular weight excluding hydrogens is 384 g/mol. The molecule has 160 valence electrons. The van der Waals surface area contributed by atoms with Crippen LogP contribution >= 0.6 is 12.2 Å². The number of nitrogens with one attached hydrogen (secondary N) is 2. The standard InChI is InChI=1S/C21H34N6OS/c1-16-8-3-6-12-27(16)19-14-18(26-10-4-2-5-11-26)23-20(24-19)25-21(29)22-15-17-9-7-13-28-17/h14,16-17H,2-13,15H2,1H3,(H2,22,23,24,25,29)/t16-,17-/m1/s1. The molecule has 1 aromatic rings. The predicted molar refractivity (Wildman–Crippen MR) is 122 cm³/mol. The first-order valence-corrected chi connectivity index (χ1v) is 11.7. The monoisotopic (exact) mass is 418 g/mol. The molecule has 0 radical (unpaired) electrons. The van der Waals surface area contributed by atoms with Crippen molar-refractivity contribution in [2.75, 3.05) is 47.9 Å². The third-order valence-electron chi connectivity index (χ3n) is 6.22. The molecule has 2 atom stereocenters. The van der Waals surface area contributed by atoms with E-state index in [9.17, 15) is 0 Å². The summed E-state index contributed by atoms with van der Waals surface area (Å²) in [5.74, 6) is 2.61. The third-order valence-corrected chi connectivity index (χ3v) is 6.46. The summed E-state index contributed by atoms with van der Waals surface area (Å²) in [5.41, 5.74) is 0. The third kappa shape index (κ3) is 5.48. The topological polar surface area (TPSA) is 65.5 Å². The van der Waals surface area contributed by atoms with Gasteiger partial charge in [-0.15, -0.1) is 0 Å². The molecule has 0 unspecified atom stereocenters. The smallest absolute Gasteiger partial charge is 0.232 e. The summed E-state index contributed by atoms with van der Waals surface area (Å²) in [6, 6.07) is 2.67. The molecule has 0 aliphatic carbocycles. The van der Waals surface area contributed by atoms with Crippen molar-refractivity contribution in [2.24, 2.45) is 0 Å². The molecule has 0 saturated carbocycles. The Morgan fingerprint density at radius 3 is 2.62 bits per heavy atom. The fourth-order valence-corrected chi connectivity index (χ4v) is 4.68. The van der Waals surface area contributed by atoms with E-state index in [1.165, 1.54) is 38.5 Å². The number of rotatable bonds is 5. The Labute approximate surface area is 179 Å². The quantitative estimate of drug-likeness (QED) is 0.706. The van der Waals surface area contributed by atoms with Crippen LogP contribution < -0.4 is 20.4 Å². The summed E-state index contributed by atoms with van der Waals surface area (Å²) < 4.78 is 5.67. The van der Waals surface area contributed by atoms with Crippen LogP contribution in [-0.2, 0) is 4.74 Å². The lowest BCUT2D eigenvalue weighted by atomic mass is 10.0. The van der Waals surface area contributed by atoms with E-state index in [1.807, 2.05) is 0 Å². The maximum absolute atomic E-state index is 5.67. The minimum absolute atomic E-state index is 0.250. The molecule has 0 spiro atoms. The lowest BCUT2D eigenvalue weighted by molar-refractivity contribution is 0.114. The number of anilines is 3. The molecule has 0 bridgehead atoms. The van der Waals surface area contributed by atoms with E-state index < -0.39 is 0 Å². The average Bonchev–Trinajstić information content (AvgIpc) is 3.27. The molecule has 29 heavy (non-hydrogen) atoms. The van der Waals surface area contributed by atoms with E-state index in [4.69, 9.17) is 26.9 Å². The van der Waals surface area contributed by atoms with Crippen molar-refractivity contribution in [3.8, 4) is 0 Å². The van der Waals surface area contributed by atoms with E-state index >= 15 is 0 Å². The highest BCUT2D eigenvalue weighted by atomic mass is 32.1. The molecule has 4 rings (SSSR count). The zero-order valence-electron chi connectivity index (χ0n) is 17.5. The number of thiocarbonyl (C=S) groups is 1. The van der Waals surface area contributed by atoms with Crippen LogP contribution in [0.25, 0.3) is 0 Å². The SMILES string of the molecule is C[C@@H]1CCCCN1c1cc(N2CCCCC2)nc(NC(=S)NC[C@H]2CCCO2)n1. The van der Waals surface area contributed by atoms with Gasteiger partial charge >= 0.3 is 0 Å². The molecule has 3 fully saturated rings. The first-order valence-electron chi connectivity index (χ1n) is 11.3. The summed E-state index contributed by atoms with van der Waals surface area (Å²) in [4.78, 5) is 14.5. The molecule has 1 aromatic heterocycles. The second-order valence-electron chi connectivity index (χ2n) is 8.46. The summed E-state index contributed by atoms with van der Waals surface area (Å²) in [5, 5.41) is 7.06. The number of piperidine rings is 2. The van der Waals surface area contributed by atoms with Gasteiger partial charge in [0.15, 0.2) is 5.11 Å². The normalized spacial score (nSPS) is 25.1. The Morgan fingerprint density at radius 2 is 1.86 bits per heavy atom. The highest BCUT2D eigenvalue weighted by Gasteiger charge is 2.23. The molecule has 0 aromatic carbocycles. The van der Waals surface area contributed by atoms with Gasteiger partial charge in [0.05, 0.1) is 6.10 Å². The fraction of sp³-hybridized carbons (Fsp3) is 0.762. The molecule has 7 nitrogen and oxygen atoms in total. The van der Waals surface area contributed by atoms with Crippen LogP contribution in [-0.4, -0.2) is 60.0 Å². The Kier molecular flexibility index (Phi) is 7.02. The van der Waals surface area contributed by atoms with Crippen molar-refractivity contribution >= 4 is 34.9 Å². The molecule has 3 aliphatic rings. The molecule has 2 N–H and O–H groups in total. The van der Waals surface area contributed by atoms with Gasteiger partial charge < -0.3 is 25.2 Å². The summed E-state index contributed by atoms with van der Waals surface area (Å²) in [6.45, 7) is 7.06. The van der Waals surface area contributed by atoms with Crippen LogP contribution in [0.1, 0.15) is 58.3 Å². The minimum atomic E-state index is 0.250. The average molecular weight is 419 g/mol. The Bertz CT molecular complexity index is 690. The van der Waals surface area contributed by atoms with Crippen LogP contribution in [0.3, 0.4) is 0 Å². The minimum Gasteiger partial charge on any atom is -0.376 e. The highest BCUT2D eigenvalue weighted by molar-refractivity contribution is 7.80. The number of ether oxygens (including phenoxy) is 1. The van der Waals surface area contributed by atoms with E-state index in [0.29, 0.717) is 17.1 Å². The fourth-order valence-electron chi connectivity index (χ4n) is 4.51. The number of aromatic nitrogens is 2. The second-order valence-corrected chi connectivity index (χ2v) is 8.87. The van der Waals surface area contributed by atoms with Gasteiger partial charge in [-0.3, -0.25) is 0 Å². The summed E-state index contributed by atoms with van der Waals surface area (Å²) in [6.07, 6.45) is 9.96. The van der Waals surface area contributed by atoms with E-state index in [1.54, 1.807) is 0 Å². The van der Waals surface area contributed by atoms with E-state index in [-0.39, 0.29) is 6.10 Å². The van der Waals surface area contributed by atoms with Gasteiger partial charge in [-0.05, 0) is 70.5 Å². The summed E-state index contributed by atoms with van der Waals surface area (Å²) in [7, 11) is 0. The van der Waals surface area contributed by atoms with Crippen LogP contribution in [0.2, 0.25) is 0 Å². The van der Waals surface area contributed by atoms with Crippen LogP contribution in [0, 0.1) is 0 Å². The number of nitrogens with zero attached hydrogens (tertiary/aromatic N) is 4. The number of hydrogen-bond donors (Lipinski definition) is 2. The number of hydrogen-bond acceptors (Lipinski definition) is 6. The molecule has 3 saturated heterocycles. The maximum Gasteiger partial charge on any atom is 0.232 e. The van der Waals surface area contributed by atoms with Gasteiger partial charge in [-0.2, -0.15) is 9.97 Å². The first-order chi connectivity index (χ1) is 14.2. The van der Waals surface area contributed by atoms with Crippen molar-refractivity contribution in [3.05, 3.63) is 6.07 Å². The summed E-state index contributed by atoms with van der Waals surface area (Å²) >= 11 is 5.51. The van der Waals surface area contributed by atoms with Gasteiger partial charge in [-0.25, -0.2) is 0 Å². The van der Waals surface area contributed by atoms with Gasteiger partial charge in [0.25, 0.3) is 0 Å². The first kappa shape index (κ1) is 20.6. The Morgan fingerprint density at radius 1 is 1.07 bits per heavy atom. The van der Waals surface area contributed by atoms with Gasteiger partial charge in [-0.1, -0.05) is 0 Å². The predicted octanol–water partition coefficient (Wildman–Crippen LogP) is 3.31. The van der Waals surface area contributed by atoms with Crippen LogP contribution in [0.4, 0.5) is 17.6 Å². The van der Waals surface area contributed by atoms with Gasteiger partial charge in [0.1, 0.15) is 11.6 Å². The molecule has 8 heteroatoms. The van der Waals surface area contributed by atoms with Crippen LogP contribution in [0.5, 0.6) is 0 Å². The lowest BCUT2D eigenvalue weighted by Crippen LogP contribution is -2.39. The molecule has 4 heterocycles. The van der Waals surface area contributed by atoms with Crippen LogP contribution in [0.15, 0.2) is 6.07 Å². The lowest BCUT2D eigenvalue weighted by Gasteiger charge is -2.35. The maximum atomic E-state index is 5.67. The van der Waals surface area contributed by atoms with Crippen molar-refractivity contribution in [1.29, 1.82) is 0 Å². The Balaban J connectivity index is 1.49. The largest absolute Gasteiger partial charge is 0.376 e. The van der Waals surface area contributed by atoms with Crippen molar-refractivity contribution in [3.63, 3.8) is 0 Å². The Hall–Kier alpha value is -1.67. The molecular formula is C21H34N6OS. The zero-order chi connectivity index (χ0) is 20.1. The molecule has 3 aliphatic heterocycles. The van der Waals surface area contributed by atoms with Crippen molar-refractivity contribution in [1.82, 2.24) is 15.3 Å². The van der Waals surface area contributed by atoms with Crippen molar-refractivity contribution in [2.45, 2.75) is 70.4 Å². The van der Waals surface area contributed by atoms with Gasteiger partial charge in [0, 0.05) is 44.9 Å². The van der Waals surface area contributed by atoms with E-state index in [2.05, 4.69) is 33.4 Å². The van der Waals surface area contributed by atoms with Gasteiger partial charge in [0.2, 0.25) is 5.95 Å². The van der Waals surface area contributed by atoms with E-state index in [0.717, 1.165) is 57.3 Å². The molecule has 0 amide bonds.